The van der Waals surface area contributed by atoms with Crippen LogP contribution < -0.4 is 5.32 Å². The molecular formula is C22H21N3O2S. The van der Waals surface area contributed by atoms with Gasteiger partial charge in [-0.1, -0.05) is 65.3 Å². The molecule has 1 N–H and O–H groups in total. The summed E-state index contributed by atoms with van der Waals surface area (Å²) in [5.74, 6) is -0.135. The number of carbonyl (C=O) groups is 1. The summed E-state index contributed by atoms with van der Waals surface area (Å²) < 4.78 is 0. The number of hydrogen-bond acceptors (Lipinski definition) is 5. The van der Waals surface area contributed by atoms with E-state index < -0.39 is 6.10 Å². The number of nitrogens with zero attached hydrogens (tertiary/aromatic N) is 2. The van der Waals surface area contributed by atoms with Gasteiger partial charge in [-0.15, -0.1) is 11.3 Å². The molecule has 2 aromatic carbocycles. The topological polar surface area (TPSA) is 63.6 Å². The molecule has 0 saturated carbocycles. The lowest BCUT2D eigenvalue weighted by Gasteiger charge is -2.08. The van der Waals surface area contributed by atoms with Crippen molar-refractivity contribution < 1.29 is 9.63 Å². The van der Waals surface area contributed by atoms with Gasteiger partial charge in [0.25, 0.3) is 5.91 Å². The Morgan fingerprint density at radius 1 is 1.14 bits per heavy atom. The molecule has 0 aliphatic carbocycles. The number of aryl methyl sites for hydroxylation is 1. The van der Waals surface area contributed by atoms with Crippen LogP contribution in [0.1, 0.15) is 23.2 Å². The van der Waals surface area contributed by atoms with Gasteiger partial charge in [-0.05, 0) is 12.5 Å². The fourth-order valence-electron chi connectivity index (χ4n) is 3.00. The first-order valence-electron chi connectivity index (χ1n) is 9.26. The minimum absolute atomic E-state index is 0.135. The highest BCUT2D eigenvalue weighted by Gasteiger charge is 2.28. The van der Waals surface area contributed by atoms with E-state index >= 15 is 0 Å². The number of oxime groups is 1. The van der Waals surface area contributed by atoms with Gasteiger partial charge < -0.3 is 10.2 Å². The molecule has 142 valence electrons. The van der Waals surface area contributed by atoms with Crippen LogP contribution in [-0.4, -0.2) is 29.3 Å². The van der Waals surface area contributed by atoms with Crippen molar-refractivity contribution in [3.8, 4) is 10.6 Å². The zero-order valence-electron chi connectivity index (χ0n) is 15.6. The average Bonchev–Trinajstić information content (AvgIpc) is 3.39. The number of nitrogens with one attached hydrogen (secondary N) is 1. The molecule has 0 spiro atoms. The van der Waals surface area contributed by atoms with Gasteiger partial charge in [0.2, 0.25) is 6.10 Å². The Morgan fingerprint density at radius 3 is 2.71 bits per heavy atom. The zero-order valence-corrected chi connectivity index (χ0v) is 16.4. The number of benzene rings is 2. The second kappa shape index (κ2) is 8.35. The van der Waals surface area contributed by atoms with Crippen LogP contribution in [0.25, 0.3) is 10.6 Å². The molecule has 5 nitrogen and oxygen atoms in total. The Balaban J connectivity index is 1.26. The van der Waals surface area contributed by atoms with Crippen molar-refractivity contribution in [2.45, 2.75) is 25.9 Å². The summed E-state index contributed by atoms with van der Waals surface area (Å²) in [6.45, 7) is 2.60. The van der Waals surface area contributed by atoms with Crippen molar-refractivity contribution in [3.05, 3.63) is 76.8 Å². The lowest BCUT2D eigenvalue weighted by atomic mass is 10.0. The van der Waals surface area contributed by atoms with E-state index in [1.165, 1.54) is 5.56 Å². The number of rotatable bonds is 6. The van der Waals surface area contributed by atoms with Crippen LogP contribution in [0.4, 0.5) is 0 Å². The Labute approximate surface area is 168 Å². The Morgan fingerprint density at radius 2 is 1.93 bits per heavy atom. The van der Waals surface area contributed by atoms with E-state index in [9.17, 15) is 4.79 Å². The van der Waals surface area contributed by atoms with Crippen molar-refractivity contribution in [1.82, 2.24) is 10.3 Å². The standard InChI is InChI=1S/C22H21N3O2S/c1-15-7-9-17(10-8-15)22-24-18(14-28-22)11-12-23-21(26)20-13-19(25-27-20)16-5-3-2-4-6-16/h2-10,14,20H,11-13H2,1H3,(H,23,26). The van der Waals surface area contributed by atoms with Crippen molar-refractivity contribution in [3.63, 3.8) is 0 Å². The summed E-state index contributed by atoms with van der Waals surface area (Å²) in [6, 6.07) is 18.1. The molecule has 1 aromatic heterocycles. The van der Waals surface area contributed by atoms with Crippen molar-refractivity contribution >= 4 is 23.0 Å². The Kier molecular flexibility index (Phi) is 5.48. The molecule has 1 atom stereocenters. The van der Waals surface area contributed by atoms with Gasteiger partial charge in [0, 0.05) is 30.3 Å². The minimum atomic E-state index is -0.561. The molecule has 4 rings (SSSR count). The van der Waals surface area contributed by atoms with Crippen molar-refractivity contribution in [1.29, 1.82) is 0 Å². The first-order valence-corrected chi connectivity index (χ1v) is 10.1. The highest BCUT2D eigenvalue weighted by molar-refractivity contribution is 7.13. The third kappa shape index (κ3) is 4.28. The fraction of sp³-hybridized carbons (Fsp3) is 0.227. The average molecular weight is 391 g/mol. The Bertz CT molecular complexity index is 981. The quantitative estimate of drug-likeness (QED) is 0.691. The maximum Gasteiger partial charge on any atom is 0.264 e. The summed E-state index contributed by atoms with van der Waals surface area (Å²) in [5, 5.41) is 10.0. The van der Waals surface area contributed by atoms with Crippen LogP contribution in [0.5, 0.6) is 0 Å². The lowest BCUT2D eigenvalue weighted by molar-refractivity contribution is -0.131. The third-order valence-electron chi connectivity index (χ3n) is 4.60. The summed E-state index contributed by atoms with van der Waals surface area (Å²) >= 11 is 1.62. The van der Waals surface area contributed by atoms with Crippen LogP contribution in [0, 0.1) is 6.92 Å². The van der Waals surface area contributed by atoms with E-state index in [0.29, 0.717) is 19.4 Å². The molecule has 3 aromatic rings. The van der Waals surface area contributed by atoms with E-state index in [-0.39, 0.29) is 5.91 Å². The van der Waals surface area contributed by atoms with E-state index in [0.717, 1.165) is 27.5 Å². The number of aromatic nitrogens is 1. The van der Waals surface area contributed by atoms with Crippen LogP contribution in [0.3, 0.4) is 0 Å². The smallest absolute Gasteiger partial charge is 0.264 e. The number of hydrogen-bond donors (Lipinski definition) is 1. The molecule has 1 aliphatic heterocycles. The third-order valence-corrected chi connectivity index (χ3v) is 5.54. The summed E-state index contributed by atoms with van der Waals surface area (Å²) in [4.78, 5) is 22.3. The van der Waals surface area contributed by atoms with Gasteiger partial charge in [-0.25, -0.2) is 4.98 Å². The van der Waals surface area contributed by atoms with Crippen molar-refractivity contribution in [2.75, 3.05) is 6.54 Å². The zero-order chi connectivity index (χ0) is 19.3. The molecule has 1 aliphatic rings. The normalized spacial score (nSPS) is 15.8. The highest BCUT2D eigenvalue weighted by atomic mass is 32.1. The molecule has 0 bridgehead atoms. The first kappa shape index (κ1) is 18.4. The molecule has 1 amide bonds. The Hall–Kier alpha value is -2.99. The van der Waals surface area contributed by atoms with Crippen molar-refractivity contribution in [2.24, 2.45) is 5.16 Å². The molecule has 0 fully saturated rings. The lowest BCUT2D eigenvalue weighted by Crippen LogP contribution is -2.36. The second-order valence-corrected chi connectivity index (χ2v) is 7.61. The number of thiazole rings is 1. The summed E-state index contributed by atoms with van der Waals surface area (Å²) in [5.41, 5.74) is 5.13. The van der Waals surface area contributed by atoms with Gasteiger partial charge in [0.05, 0.1) is 11.4 Å². The molecular weight excluding hydrogens is 370 g/mol. The first-order chi connectivity index (χ1) is 13.7. The maximum absolute atomic E-state index is 12.3. The van der Waals surface area contributed by atoms with Gasteiger partial charge in [-0.2, -0.15) is 0 Å². The van der Waals surface area contributed by atoms with Crippen LogP contribution in [0.15, 0.2) is 65.1 Å². The van der Waals surface area contributed by atoms with E-state index in [1.54, 1.807) is 11.3 Å². The van der Waals surface area contributed by atoms with E-state index in [4.69, 9.17) is 4.84 Å². The monoisotopic (exact) mass is 391 g/mol. The van der Waals surface area contributed by atoms with Gasteiger partial charge >= 0.3 is 0 Å². The molecule has 2 heterocycles. The maximum atomic E-state index is 12.3. The summed E-state index contributed by atoms with van der Waals surface area (Å²) in [7, 11) is 0. The summed E-state index contributed by atoms with van der Waals surface area (Å²) in [6.07, 6.45) is 0.617. The molecule has 0 saturated heterocycles. The van der Waals surface area contributed by atoms with Gasteiger partial charge in [0.15, 0.2) is 0 Å². The number of carbonyl (C=O) groups excluding carboxylic acids is 1. The second-order valence-electron chi connectivity index (χ2n) is 6.75. The predicted molar refractivity (Wildman–Crippen MR) is 111 cm³/mol. The molecule has 0 radical (unpaired) electrons. The largest absolute Gasteiger partial charge is 0.382 e. The van der Waals surface area contributed by atoms with Crippen LogP contribution >= 0.6 is 11.3 Å². The molecule has 28 heavy (non-hydrogen) atoms. The highest BCUT2D eigenvalue weighted by Crippen LogP contribution is 2.24. The molecule has 1 unspecified atom stereocenters. The SMILES string of the molecule is Cc1ccc(-c2nc(CCNC(=O)C3CC(c4ccccc4)=NO3)cs2)cc1. The molecule has 6 heteroatoms. The predicted octanol–water partition coefficient (Wildman–Crippen LogP) is 3.97. The fourth-order valence-corrected chi connectivity index (χ4v) is 3.86. The van der Waals surface area contributed by atoms with Crippen LogP contribution in [-0.2, 0) is 16.1 Å². The van der Waals surface area contributed by atoms with Gasteiger partial charge in [0.1, 0.15) is 5.01 Å². The van der Waals surface area contributed by atoms with Gasteiger partial charge in [-0.3, -0.25) is 4.79 Å². The number of amides is 1. The van der Waals surface area contributed by atoms with Crippen LogP contribution in [0.2, 0.25) is 0 Å². The minimum Gasteiger partial charge on any atom is -0.382 e. The van der Waals surface area contributed by atoms with E-state index in [2.05, 4.69) is 46.6 Å². The van der Waals surface area contributed by atoms with E-state index in [1.807, 2.05) is 35.7 Å².